The van der Waals surface area contributed by atoms with Crippen LogP contribution in [0.2, 0.25) is 0 Å². The average Bonchev–Trinajstić information content (AvgIpc) is 3.47. The van der Waals surface area contributed by atoms with Crippen molar-refractivity contribution in [2.45, 2.75) is 75.1 Å². The molecule has 2 aromatic rings. The van der Waals surface area contributed by atoms with Gasteiger partial charge in [-0.25, -0.2) is 22.0 Å². The summed E-state index contributed by atoms with van der Waals surface area (Å²) in [6, 6.07) is 6.19. The van der Waals surface area contributed by atoms with Gasteiger partial charge in [-0.1, -0.05) is 18.2 Å². The van der Waals surface area contributed by atoms with Gasteiger partial charge >= 0.3 is 6.09 Å². The van der Waals surface area contributed by atoms with E-state index in [4.69, 9.17) is 10.5 Å². The fraction of sp³-hybridized carbons (Fsp3) is 0.464. The predicted octanol–water partition coefficient (Wildman–Crippen LogP) is 3.96. The second-order valence-corrected chi connectivity index (χ2v) is 13.4. The number of likely N-dealkylation sites (tertiary alicyclic amines) is 1. The number of carbonyl (C=O) groups excluding carboxylic acids is 2. The number of piperidine rings is 1. The Hall–Kier alpha value is -3.72. The van der Waals surface area contributed by atoms with Gasteiger partial charge in [-0.05, 0) is 69.2 Å². The Kier molecular flexibility index (Phi) is 7.82. The highest BCUT2D eigenvalue weighted by molar-refractivity contribution is 7.90. The molecule has 214 valence electrons. The molecule has 4 rings (SSSR count). The van der Waals surface area contributed by atoms with Crippen molar-refractivity contribution < 1.29 is 31.5 Å². The largest absolute Gasteiger partial charge is 0.444 e. The van der Waals surface area contributed by atoms with Crippen molar-refractivity contribution in [3.8, 4) is 17.2 Å². The molecule has 12 heteroatoms. The summed E-state index contributed by atoms with van der Waals surface area (Å²) >= 11 is 0. The van der Waals surface area contributed by atoms with Crippen molar-refractivity contribution >= 4 is 27.5 Å². The van der Waals surface area contributed by atoms with E-state index in [2.05, 4.69) is 5.32 Å². The molecular formula is C28H32F2N4O5S. The smallest absolute Gasteiger partial charge is 0.411 e. The third kappa shape index (κ3) is 5.89. The maximum absolute atomic E-state index is 15.1. The number of carbonyl (C=O) groups is 2. The molecule has 1 aliphatic heterocycles. The number of ether oxygens (including phenoxy) is 1. The first kappa shape index (κ1) is 29.3. The minimum atomic E-state index is -3.70. The minimum Gasteiger partial charge on any atom is -0.444 e. The number of anilines is 1. The molecular weight excluding hydrogens is 542 g/mol. The molecule has 4 atom stereocenters. The Morgan fingerprint density at radius 2 is 1.90 bits per heavy atom. The number of fused-ring (bicyclic) bond motifs is 2. The number of hydrogen-bond acceptors (Lipinski definition) is 7. The van der Waals surface area contributed by atoms with Crippen LogP contribution >= 0.6 is 0 Å². The zero-order valence-electron chi connectivity index (χ0n) is 22.7. The van der Waals surface area contributed by atoms with Crippen LogP contribution in [-0.4, -0.2) is 55.3 Å². The van der Waals surface area contributed by atoms with Crippen LogP contribution in [0, 0.1) is 28.9 Å². The van der Waals surface area contributed by atoms with Crippen molar-refractivity contribution in [3.05, 3.63) is 47.5 Å². The van der Waals surface area contributed by atoms with Gasteiger partial charge in [0.25, 0.3) is 0 Å². The maximum atomic E-state index is 15.1. The fourth-order valence-electron chi connectivity index (χ4n) is 5.50. The van der Waals surface area contributed by atoms with Crippen LogP contribution in [-0.2, 0) is 25.8 Å². The second-order valence-electron chi connectivity index (χ2n) is 11.4. The minimum absolute atomic E-state index is 0.0166. The fourth-order valence-corrected chi connectivity index (χ4v) is 6.34. The molecule has 2 fully saturated rings. The molecule has 40 heavy (non-hydrogen) atoms. The predicted molar refractivity (Wildman–Crippen MR) is 144 cm³/mol. The van der Waals surface area contributed by atoms with E-state index in [-0.39, 0.29) is 45.7 Å². The number of benzene rings is 2. The van der Waals surface area contributed by atoms with Crippen molar-refractivity contribution in [2.75, 3.05) is 12.0 Å². The number of nitrogens with two attached hydrogens (primary N) is 1. The number of sulfone groups is 1. The quantitative estimate of drug-likeness (QED) is 0.497. The molecule has 1 aliphatic carbocycles. The van der Waals surface area contributed by atoms with Gasteiger partial charge in [0.1, 0.15) is 17.7 Å². The first-order valence-electron chi connectivity index (χ1n) is 12.9. The molecule has 0 radical (unpaired) electrons. The summed E-state index contributed by atoms with van der Waals surface area (Å²) in [7, 11) is -3.70. The van der Waals surface area contributed by atoms with Crippen LogP contribution in [0.15, 0.2) is 35.2 Å². The number of rotatable bonds is 6. The molecule has 0 aromatic heterocycles. The lowest BCUT2D eigenvalue weighted by Crippen LogP contribution is -2.55. The molecule has 2 bridgehead atoms. The molecule has 2 aromatic carbocycles. The Labute approximate surface area is 232 Å². The van der Waals surface area contributed by atoms with Gasteiger partial charge in [-0.2, -0.15) is 5.26 Å². The molecule has 9 nitrogen and oxygen atoms in total. The van der Waals surface area contributed by atoms with E-state index >= 15 is 8.78 Å². The van der Waals surface area contributed by atoms with E-state index in [1.165, 1.54) is 35.2 Å². The summed E-state index contributed by atoms with van der Waals surface area (Å²) in [6.45, 7) is 5.20. The molecule has 1 saturated carbocycles. The van der Waals surface area contributed by atoms with Gasteiger partial charge in [-0.15, -0.1) is 0 Å². The summed E-state index contributed by atoms with van der Waals surface area (Å²) in [5, 5.41) is 12.3. The Balaban J connectivity index is 1.53. The standard InChI is InChI=1S/C28H32F2N4O5S/c1-28(2,3)39-27(36)34-19-8-5-17(12-19)25(34)26(35)33-18(14-31)11-16-6-9-20(24(30)23(16)29)15-7-10-21(32)22(13-15)40(4,37)38/h6-7,9-10,13,17-19,25H,5,8,11-12,32H2,1-4H3,(H,33,35)/t17-,18-,19+,25-/m0/s1. The second kappa shape index (κ2) is 10.7. The lowest BCUT2D eigenvalue weighted by Gasteiger charge is -2.35. The summed E-state index contributed by atoms with van der Waals surface area (Å²) < 4.78 is 59.8. The Bertz CT molecular complexity index is 1500. The van der Waals surface area contributed by atoms with Crippen molar-refractivity contribution in [3.63, 3.8) is 0 Å². The monoisotopic (exact) mass is 574 g/mol. The van der Waals surface area contributed by atoms with Gasteiger partial charge in [0.05, 0.1) is 16.7 Å². The number of nitrogens with one attached hydrogen (secondary N) is 1. The summed E-state index contributed by atoms with van der Waals surface area (Å²) in [5.74, 6) is -3.08. The Morgan fingerprint density at radius 3 is 2.52 bits per heavy atom. The number of nitrogen functional groups attached to an aromatic ring is 1. The molecule has 3 N–H and O–H groups in total. The van der Waals surface area contributed by atoms with Gasteiger partial charge < -0.3 is 15.8 Å². The molecule has 2 amide bonds. The highest BCUT2D eigenvalue weighted by Crippen LogP contribution is 2.43. The van der Waals surface area contributed by atoms with E-state index in [0.717, 1.165) is 19.1 Å². The zero-order valence-corrected chi connectivity index (χ0v) is 23.5. The van der Waals surface area contributed by atoms with Gasteiger partial charge in [0, 0.05) is 24.3 Å². The summed E-state index contributed by atoms with van der Waals surface area (Å²) in [6.07, 6.45) is 2.20. The number of hydrogen-bond donors (Lipinski definition) is 2. The first-order valence-corrected chi connectivity index (χ1v) is 14.8. The van der Waals surface area contributed by atoms with Gasteiger partial charge in [0.15, 0.2) is 21.5 Å². The van der Waals surface area contributed by atoms with Crippen LogP contribution < -0.4 is 11.1 Å². The Morgan fingerprint density at radius 1 is 1.20 bits per heavy atom. The van der Waals surface area contributed by atoms with Crippen molar-refractivity contribution in [1.29, 1.82) is 5.26 Å². The van der Waals surface area contributed by atoms with E-state index in [0.29, 0.717) is 6.42 Å². The normalized spacial score (nSPS) is 21.1. The van der Waals surface area contributed by atoms with Crippen LogP contribution in [0.5, 0.6) is 0 Å². The topological polar surface area (TPSA) is 143 Å². The van der Waals surface area contributed by atoms with Crippen LogP contribution in [0.25, 0.3) is 11.1 Å². The molecule has 2 aliphatic rings. The zero-order chi connectivity index (χ0) is 29.6. The molecule has 1 saturated heterocycles. The van der Waals surface area contributed by atoms with Crippen LogP contribution in [0.4, 0.5) is 19.3 Å². The van der Waals surface area contributed by atoms with E-state index in [1.807, 2.05) is 6.07 Å². The molecule has 0 spiro atoms. The number of halogens is 2. The lowest BCUT2D eigenvalue weighted by atomic mass is 9.96. The van der Waals surface area contributed by atoms with Crippen molar-refractivity contribution in [2.24, 2.45) is 5.92 Å². The van der Waals surface area contributed by atoms with Gasteiger partial charge in [-0.3, -0.25) is 9.69 Å². The maximum Gasteiger partial charge on any atom is 0.411 e. The third-order valence-electron chi connectivity index (χ3n) is 7.24. The van der Waals surface area contributed by atoms with E-state index in [1.54, 1.807) is 20.8 Å². The number of nitriles is 1. The molecule has 1 heterocycles. The lowest BCUT2D eigenvalue weighted by molar-refractivity contribution is -0.128. The van der Waals surface area contributed by atoms with E-state index < -0.39 is 51.2 Å². The van der Waals surface area contributed by atoms with Crippen LogP contribution in [0.1, 0.15) is 45.6 Å². The SMILES string of the molecule is CC(C)(C)OC(=O)N1[C@@H]2CC[C@@H](C2)[C@H]1C(=O)N[C@H](C#N)Cc1ccc(-c2ccc(N)c(S(C)(=O)=O)c2)c(F)c1F. The number of nitrogens with zero attached hydrogens (tertiary/aromatic N) is 2. The van der Waals surface area contributed by atoms with Gasteiger partial charge in [0.2, 0.25) is 5.91 Å². The van der Waals surface area contributed by atoms with Crippen molar-refractivity contribution in [1.82, 2.24) is 10.2 Å². The summed E-state index contributed by atoms with van der Waals surface area (Å²) in [4.78, 5) is 27.4. The third-order valence-corrected chi connectivity index (χ3v) is 8.39. The highest BCUT2D eigenvalue weighted by Gasteiger charge is 2.52. The van der Waals surface area contributed by atoms with E-state index in [9.17, 15) is 23.3 Å². The number of amides is 2. The average molecular weight is 575 g/mol. The van der Waals surface area contributed by atoms with Crippen LogP contribution in [0.3, 0.4) is 0 Å². The highest BCUT2D eigenvalue weighted by atomic mass is 32.2. The summed E-state index contributed by atoms with van der Waals surface area (Å²) in [5.41, 5.74) is 4.75. The first-order chi connectivity index (χ1) is 18.6. The molecule has 0 unspecified atom stereocenters.